The highest BCUT2D eigenvalue weighted by atomic mass is 32.2. The fraction of sp³-hybridized carbons (Fsp3) is 0.250. The number of aromatic nitrogens is 1. The van der Waals surface area contributed by atoms with E-state index in [0.29, 0.717) is 5.75 Å². The minimum Gasteiger partial charge on any atom is -0.497 e. The highest BCUT2D eigenvalue weighted by Crippen LogP contribution is 2.23. The van der Waals surface area contributed by atoms with Crippen molar-refractivity contribution in [1.82, 2.24) is 4.98 Å². The number of thioether (sulfide) groups is 1. The van der Waals surface area contributed by atoms with Crippen molar-refractivity contribution in [2.45, 2.75) is 5.75 Å². The summed E-state index contributed by atoms with van der Waals surface area (Å²) in [6.45, 7) is 0. The number of aromatic amines is 1. The molecule has 1 aromatic carbocycles. The highest BCUT2D eigenvalue weighted by Gasteiger charge is 2.03. The lowest BCUT2D eigenvalue weighted by atomic mass is 10.2. The summed E-state index contributed by atoms with van der Waals surface area (Å²) in [5, 5.41) is 9.66. The Morgan fingerprint density at radius 2 is 2.29 bits per heavy atom. The zero-order valence-corrected chi connectivity index (χ0v) is 10.2. The summed E-state index contributed by atoms with van der Waals surface area (Å²) in [4.78, 5) is 13.6. The van der Waals surface area contributed by atoms with Gasteiger partial charge in [-0.15, -0.1) is 11.8 Å². The Morgan fingerprint density at radius 1 is 1.47 bits per heavy atom. The Labute approximate surface area is 103 Å². The number of H-pyrrole nitrogens is 1. The number of carboxylic acids is 1. The van der Waals surface area contributed by atoms with Crippen molar-refractivity contribution in [2.24, 2.45) is 0 Å². The van der Waals surface area contributed by atoms with Gasteiger partial charge in [0.1, 0.15) is 5.75 Å². The van der Waals surface area contributed by atoms with E-state index in [0.717, 1.165) is 22.3 Å². The summed E-state index contributed by atoms with van der Waals surface area (Å²) in [7, 11) is 1.63. The van der Waals surface area contributed by atoms with Gasteiger partial charge in [0.2, 0.25) is 0 Å². The first-order valence-corrected chi connectivity index (χ1v) is 6.29. The molecule has 0 aliphatic rings. The topological polar surface area (TPSA) is 62.3 Å². The molecule has 0 fully saturated rings. The van der Waals surface area contributed by atoms with Gasteiger partial charge in [-0.05, 0) is 23.6 Å². The largest absolute Gasteiger partial charge is 0.497 e. The molecule has 1 aromatic heterocycles. The summed E-state index contributed by atoms with van der Waals surface area (Å²) in [5.74, 6) is 0.819. The van der Waals surface area contributed by atoms with E-state index in [9.17, 15) is 4.79 Å². The normalized spacial score (nSPS) is 10.6. The van der Waals surface area contributed by atoms with Crippen molar-refractivity contribution in [3.8, 4) is 5.75 Å². The van der Waals surface area contributed by atoms with Crippen molar-refractivity contribution in [1.29, 1.82) is 0 Å². The molecule has 4 nitrogen and oxygen atoms in total. The van der Waals surface area contributed by atoms with E-state index < -0.39 is 5.97 Å². The van der Waals surface area contributed by atoms with E-state index in [4.69, 9.17) is 9.84 Å². The molecule has 0 unspecified atom stereocenters. The van der Waals surface area contributed by atoms with Crippen molar-refractivity contribution < 1.29 is 14.6 Å². The van der Waals surface area contributed by atoms with Crippen LogP contribution in [0.3, 0.4) is 0 Å². The van der Waals surface area contributed by atoms with Crippen LogP contribution in [0, 0.1) is 0 Å². The zero-order valence-electron chi connectivity index (χ0n) is 9.40. The molecule has 2 aromatic rings. The second-order valence-corrected chi connectivity index (χ2v) is 4.62. The van der Waals surface area contributed by atoms with Crippen LogP contribution in [0.25, 0.3) is 10.9 Å². The van der Waals surface area contributed by atoms with Gasteiger partial charge in [-0.25, -0.2) is 0 Å². The van der Waals surface area contributed by atoms with Gasteiger partial charge >= 0.3 is 5.97 Å². The van der Waals surface area contributed by atoms with Crippen molar-refractivity contribution in [3.05, 3.63) is 30.0 Å². The van der Waals surface area contributed by atoms with Crippen LogP contribution in [0.5, 0.6) is 5.75 Å². The third kappa shape index (κ3) is 2.94. The highest BCUT2D eigenvalue weighted by molar-refractivity contribution is 7.99. The lowest BCUT2D eigenvalue weighted by molar-refractivity contribution is -0.133. The average molecular weight is 251 g/mol. The van der Waals surface area contributed by atoms with Crippen LogP contribution in [0.15, 0.2) is 24.3 Å². The van der Waals surface area contributed by atoms with Gasteiger partial charge in [-0.1, -0.05) is 0 Å². The summed E-state index contributed by atoms with van der Waals surface area (Å²) in [5.41, 5.74) is 2.04. The van der Waals surface area contributed by atoms with Crippen molar-refractivity contribution >= 4 is 28.6 Å². The maximum atomic E-state index is 10.4. The smallest absolute Gasteiger partial charge is 0.313 e. The van der Waals surface area contributed by atoms with Crippen molar-refractivity contribution in [2.75, 3.05) is 12.9 Å². The number of hydrogen-bond donors (Lipinski definition) is 2. The molecule has 0 amide bonds. The fourth-order valence-corrected chi connectivity index (χ4v) is 2.27. The van der Waals surface area contributed by atoms with E-state index in [1.54, 1.807) is 7.11 Å². The Bertz CT molecular complexity index is 536. The average Bonchev–Trinajstić information content (AvgIpc) is 2.69. The van der Waals surface area contributed by atoms with Gasteiger partial charge < -0.3 is 14.8 Å². The van der Waals surface area contributed by atoms with E-state index in [1.165, 1.54) is 11.8 Å². The summed E-state index contributed by atoms with van der Waals surface area (Å²) >= 11 is 1.38. The third-order valence-corrected chi connectivity index (χ3v) is 3.33. The van der Waals surface area contributed by atoms with Gasteiger partial charge in [0.25, 0.3) is 0 Å². The maximum absolute atomic E-state index is 10.4. The van der Waals surface area contributed by atoms with Gasteiger partial charge in [0.15, 0.2) is 0 Å². The first kappa shape index (κ1) is 11.9. The fourth-order valence-electron chi connectivity index (χ4n) is 1.62. The van der Waals surface area contributed by atoms with Crippen LogP contribution in [0.2, 0.25) is 0 Å². The van der Waals surface area contributed by atoms with Crippen LogP contribution in [-0.4, -0.2) is 28.9 Å². The minimum atomic E-state index is -0.784. The van der Waals surface area contributed by atoms with Crippen LogP contribution >= 0.6 is 11.8 Å². The molecule has 0 spiro atoms. The number of fused-ring (bicyclic) bond motifs is 1. The van der Waals surface area contributed by atoms with Gasteiger partial charge in [-0.3, -0.25) is 4.79 Å². The number of nitrogens with one attached hydrogen (secondary N) is 1. The summed E-state index contributed by atoms with van der Waals surface area (Å²) < 4.78 is 5.14. The van der Waals surface area contributed by atoms with Gasteiger partial charge in [-0.2, -0.15) is 0 Å². The molecule has 0 bridgehead atoms. The van der Waals surface area contributed by atoms with Gasteiger partial charge in [0, 0.05) is 23.0 Å². The molecule has 2 rings (SSSR count). The van der Waals surface area contributed by atoms with E-state index in [2.05, 4.69) is 4.98 Å². The number of carboxylic acid groups (broad SMARTS) is 1. The molecule has 0 saturated carbocycles. The summed E-state index contributed by atoms with van der Waals surface area (Å²) in [6.07, 6.45) is 0. The predicted octanol–water partition coefficient (Wildman–Crippen LogP) is 2.49. The molecular weight excluding hydrogens is 238 g/mol. The molecule has 5 heteroatoms. The number of aliphatic carboxylic acids is 1. The van der Waals surface area contributed by atoms with Gasteiger partial charge in [0.05, 0.1) is 12.9 Å². The first-order valence-electron chi connectivity index (χ1n) is 5.14. The molecule has 0 radical (unpaired) electrons. The molecule has 1 heterocycles. The lowest BCUT2D eigenvalue weighted by Crippen LogP contribution is -1.98. The SMILES string of the molecule is COc1ccc2cc(CSCC(=O)O)[nH]c2c1. The summed E-state index contributed by atoms with van der Waals surface area (Å²) in [6, 6.07) is 7.85. The molecule has 0 atom stereocenters. The van der Waals surface area contributed by atoms with Crippen LogP contribution < -0.4 is 4.74 Å². The zero-order chi connectivity index (χ0) is 12.3. The number of hydrogen-bond acceptors (Lipinski definition) is 3. The number of carbonyl (C=O) groups is 1. The lowest BCUT2D eigenvalue weighted by Gasteiger charge is -1.97. The quantitative estimate of drug-likeness (QED) is 0.857. The Hall–Kier alpha value is -1.62. The second-order valence-electron chi connectivity index (χ2n) is 3.63. The Kier molecular flexibility index (Phi) is 3.58. The van der Waals surface area contributed by atoms with Crippen molar-refractivity contribution in [3.63, 3.8) is 0 Å². The maximum Gasteiger partial charge on any atom is 0.313 e. The van der Waals surface area contributed by atoms with Crippen LogP contribution in [-0.2, 0) is 10.5 Å². The molecule has 90 valence electrons. The van der Waals surface area contributed by atoms with E-state index in [1.807, 2.05) is 24.3 Å². The number of methoxy groups -OCH3 is 1. The van der Waals surface area contributed by atoms with Crippen LogP contribution in [0.4, 0.5) is 0 Å². The third-order valence-electron chi connectivity index (χ3n) is 2.37. The monoisotopic (exact) mass is 251 g/mol. The molecule has 0 aliphatic carbocycles. The number of ether oxygens (including phenoxy) is 1. The van der Waals surface area contributed by atoms with E-state index >= 15 is 0 Å². The second kappa shape index (κ2) is 5.14. The minimum absolute atomic E-state index is 0.124. The Balaban J connectivity index is 2.11. The number of rotatable bonds is 5. The van der Waals surface area contributed by atoms with E-state index in [-0.39, 0.29) is 5.75 Å². The first-order chi connectivity index (χ1) is 8.19. The van der Waals surface area contributed by atoms with Crippen LogP contribution in [0.1, 0.15) is 5.69 Å². The molecule has 2 N–H and O–H groups in total. The molecule has 0 saturated heterocycles. The molecule has 0 aliphatic heterocycles. The Morgan fingerprint density at radius 3 is 3.00 bits per heavy atom. The standard InChI is InChI=1S/C12H13NO3S/c1-16-10-3-2-8-4-9(13-11(8)5-10)6-17-7-12(14)15/h2-5,13H,6-7H2,1H3,(H,14,15). The molecule has 17 heavy (non-hydrogen) atoms. The molecular formula is C12H13NO3S. The number of benzene rings is 1. The predicted molar refractivity (Wildman–Crippen MR) is 68.6 cm³/mol.